The molecular formula is C42H62ClN3O10. The van der Waals surface area contributed by atoms with Crippen LogP contribution in [0.25, 0.3) is 0 Å². The Morgan fingerprint density at radius 1 is 1.18 bits per heavy atom. The van der Waals surface area contributed by atoms with Gasteiger partial charge in [-0.05, 0) is 62.1 Å². The van der Waals surface area contributed by atoms with Gasteiger partial charge in [0.25, 0.3) is 0 Å². The molecule has 0 aromatic heterocycles. The normalized spacial score (nSPS) is 30.8. The van der Waals surface area contributed by atoms with Gasteiger partial charge >= 0.3 is 12.1 Å². The number of methoxy groups -OCH3 is 2. The molecule has 8 atom stereocenters. The van der Waals surface area contributed by atoms with E-state index in [9.17, 15) is 24.3 Å². The van der Waals surface area contributed by atoms with Gasteiger partial charge in [0, 0.05) is 40.0 Å². The molecule has 0 radical (unpaired) electrons. The standard InChI is InChI=1S/C42H62ClN3O10/c1-24-15-14-16-31(53-13)42(51)23-30(54-38(50)44-42)25(2)36-41(9,56-36)32(22-34(48)46(11)28-20-27(19-24)21-29(52-12)35(28)43)55-37(49)26(3)45(10)33(47)17-18-40(7,8)39(4,5)6/h14-16,20-21,25-26,30-32,36,51H,17-19,22-23H2,1-13H3,(H,44,50)/b16-14+,24-15+/t25-,26+,30+,31-,32+,36+,41+,42+/m1/s1. The summed E-state index contributed by atoms with van der Waals surface area (Å²) in [7, 11) is 6.09. The van der Waals surface area contributed by atoms with Crippen LogP contribution in [0.3, 0.4) is 0 Å². The zero-order valence-electron chi connectivity index (χ0n) is 35.3. The van der Waals surface area contributed by atoms with E-state index in [0.29, 0.717) is 24.3 Å². The van der Waals surface area contributed by atoms with Gasteiger partial charge in [-0.2, -0.15) is 0 Å². The number of carbonyl (C=O) groups excluding carboxylic acids is 4. The van der Waals surface area contributed by atoms with E-state index in [1.807, 2.05) is 19.9 Å². The maximum Gasteiger partial charge on any atom is 0.409 e. The Labute approximate surface area is 337 Å². The van der Waals surface area contributed by atoms with Crippen molar-refractivity contribution >= 4 is 41.2 Å². The maximum absolute atomic E-state index is 14.2. The number of carbonyl (C=O) groups is 4. The predicted octanol–water partition coefficient (Wildman–Crippen LogP) is 6.37. The zero-order valence-corrected chi connectivity index (χ0v) is 36.0. The third kappa shape index (κ3) is 9.71. The number of anilines is 1. The highest BCUT2D eigenvalue weighted by Crippen LogP contribution is 2.49. The Balaban J connectivity index is 1.71. The number of likely N-dealkylation sites (N-methyl/N-ethyl adjacent to an activating group) is 1. The summed E-state index contributed by atoms with van der Waals surface area (Å²) in [6.45, 7) is 17.7. The maximum atomic E-state index is 14.2. The van der Waals surface area contributed by atoms with E-state index >= 15 is 0 Å². The third-order valence-electron chi connectivity index (χ3n) is 12.5. The van der Waals surface area contributed by atoms with Crippen molar-refractivity contribution in [1.82, 2.24) is 10.2 Å². The number of hydrogen-bond acceptors (Lipinski definition) is 10. The summed E-state index contributed by atoms with van der Waals surface area (Å²) >= 11 is 6.79. The summed E-state index contributed by atoms with van der Waals surface area (Å²) in [5, 5.41) is 14.5. The van der Waals surface area contributed by atoms with Crippen molar-refractivity contribution in [2.45, 2.75) is 136 Å². The molecule has 3 heterocycles. The molecule has 2 N–H and O–H groups in total. The van der Waals surface area contributed by atoms with E-state index in [-0.39, 0.29) is 41.0 Å². The number of alkyl carbamates (subject to hydrolysis) is 1. The first-order valence-electron chi connectivity index (χ1n) is 19.2. The molecule has 1 aromatic rings. The minimum atomic E-state index is -1.83. The van der Waals surface area contributed by atoms with Gasteiger partial charge in [-0.3, -0.25) is 14.9 Å². The van der Waals surface area contributed by atoms with Crippen LogP contribution in [-0.2, 0) is 39.8 Å². The van der Waals surface area contributed by atoms with Gasteiger partial charge in [-0.1, -0.05) is 76.9 Å². The molecule has 4 rings (SSSR count). The van der Waals surface area contributed by atoms with Gasteiger partial charge < -0.3 is 38.6 Å². The number of esters is 1. The van der Waals surface area contributed by atoms with Crippen molar-refractivity contribution in [2.75, 3.05) is 33.2 Å². The van der Waals surface area contributed by atoms with Crippen molar-refractivity contribution in [3.63, 3.8) is 0 Å². The van der Waals surface area contributed by atoms with E-state index in [2.05, 4.69) is 39.9 Å². The monoisotopic (exact) mass is 803 g/mol. The molecule has 4 bridgehead atoms. The van der Waals surface area contributed by atoms with Gasteiger partial charge in [-0.15, -0.1) is 0 Å². The van der Waals surface area contributed by atoms with Gasteiger partial charge in [0.2, 0.25) is 11.8 Å². The summed E-state index contributed by atoms with van der Waals surface area (Å²) in [6.07, 6.45) is 1.84. The molecule has 1 aromatic carbocycles. The van der Waals surface area contributed by atoms with Crippen molar-refractivity contribution in [3.8, 4) is 5.75 Å². The van der Waals surface area contributed by atoms with Crippen LogP contribution in [0.5, 0.6) is 5.75 Å². The van der Waals surface area contributed by atoms with Crippen molar-refractivity contribution < 1.29 is 48.0 Å². The molecule has 0 spiro atoms. The minimum Gasteiger partial charge on any atom is -0.495 e. The molecule has 312 valence electrons. The SMILES string of the molecule is COc1cc2cc(c1Cl)N(C)C(=O)C[C@H](OC(=O)[C@H](C)N(C)C(=O)CCC(C)(C)C(C)(C)C)[C@]1(C)O[C@H]1[C@H](C)[C@@H]1C[C@@](O)(NC(=O)O1)[C@H](OC)/C=C/C=C(\C)C2. The van der Waals surface area contributed by atoms with Crippen LogP contribution in [0.15, 0.2) is 35.9 Å². The molecular weight excluding hydrogens is 742 g/mol. The molecule has 0 aliphatic carbocycles. The summed E-state index contributed by atoms with van der Waals surface area (Å²) in [6, 6.07) is 2.62. The number of epoxide rings is 1. The van der Waals surface area contributed by atoms with E-state index < -0.39 is 65.7 Å². The molecule has 3 aliphatic heterocycles. The number of benzene rings is 1. The number of fused-ring (bicyclic) bond motifs is 5. The Hall–Kier alpha value is -3.65. The van der Waals surface area contributed by atoms with Crippen molar-refractivity contribution in [3.05, 3.63) is 46.5 Å². The van der Waals surface area contributed by atoms with E-state index in [1.54, 1.807) is 52.2 Å². The highest BCUT2D eigenvalue weighted by Gasteiger charge is 2.64. The van der Waals surface area contributed by atoms with Gasteiger partial charge in [0.05, 0.1) is 25.3 Å². The highest BCUT2D eigenvalue weighted by molar-refractivity contribution is 6.35. The topological polar surface area (TPSA) is 156 Å². The predicted molar refractivity (Wildman–Crippen MR) is 213 cm³/mol. The van der Waals surface area contributed by atoms with Crippen LogP contribution in [0.4, 0.5) is 10.5 Å². The lowest BCUT2D eigenvalue weighted by Gasteiger charge is -2.42. The second kappa shape index (κ2) is 17.1. The number of nitrogens with zero attached hydrogens (tertiary/aromatic N) is 2. The summed E-state index contributed by atoms with van der Waals surface area (Å²) in [5.41, 5.74) is -1.07. The smallest absolute Gasteiger partial charge is 0.409 e. The van der Waals surface area contributed by atoms with Crippen LogP contribution in [0.1, 0.15) is 93.6 Å². The average Bonchev–Trinajstić information content (AvgIpc) is 3.82. The second-order valence-corrected chi connectivity index (χ2v) is 17.9. The summed E-state index contributed by atoms with van der Waals surface area (Å²) < 4.78 is 29.4. The first-order chi connectivity index (χ1) is 25.9. The molecule has 3 aliphatic rings. The average molecular weight is 804 g/mol. The lowest BCUT2D eigenvalue weighted by molar-refractivity contribution is -0.162. The van der Waals surface area contributed by atoms with E-state index in [1.165, 1.54) is 24.0 Å². The Kier molecular flexibility index (Phi) is 13.7. The molecule has 2 fully saturated rings. The van der Waals surface area contributed by atoms with Crippen LogP contribution < -0.4 is 15.0 Å². The van der Waals surface area contributed by atoms with E-state index in [0.717, 1.165) is 11.1 Å². The van der Waals surface area contributed by atoms with Gasteiger partial charge in [-0.25, -0.2) is 9.59 Å². The van der Waals surface area contributed by atoms with E-state index in [4.69, 9.17) is 35.3 Å². The Morgan fingerprint density at radius 3 is 2.45 bits per heavy atom. The number of nitrogens with one attached hydrogen (secondary N) is 1. The molecule has 0 unspecified atom stereocenters. The highest BCUT2D eigenvalue weighted by atomic mass is 35.5. The number of aliphatic hydroxyl groups is 1. The lowest BCUT2D eigenvalue weighted by Crippen LogP contribution is -2.63. The van der Waals surface area contributed by atoms with Gasteiger partial charge in [0.1, 0.15) is 40.7 Å². The molecule has 3 amide bonds. The number of ether oxygens (including phenoxy) is 5. The quantitative estimate of drug-likeness (QED) is 0.224. The number of hydrogen-bond donors (Lipinski definition) is 2. The van der Waals surface area contributed by atoms with Crippen molar-refractivity contribution in [2.24, 2.45) is 16.7 Å². The van der Waals surface area contributed by atoms with Crippen LogP contribution in [0.2, 0.25) is 5.02 Å². The first-order valence-corrected chi connectivity index (χ1v) is 19.6. The van der Waals surface area contributed by atoms with Crippen LogP contribution in [0, 0.1) is 16.7 Å². The second-order valence-electron chi connectivity index (χ2n) is 17.5. The molecule has 14 heteroatoms. The van der Waals surface area contributed by atoms with Crippen LogP contribution >= 0.6 is 11.6 Å². The molecule has 56 heavy (non-hydrogen) atoms. The summed E-state index contributed by atoms with van der Waals surface area (Å²) in [5.74, 6) is -1.49. The molecule has 2 saturated heterocycles. The fourth-order valence-corrected chi connectivity index (χ4v) is 7.50. The zero-order chi connectivity index (χ0) is 42.1. The number of halogens is 1. The Bertz CT molecular complexity index is 1720. The Morgan fingerprint density at radius 2 is 1.84 bits per heavy atom. The number of amides is 3. The van der Waals surface area contributed by atoms with Gasteiger partial charge in [0.15, 0.2) is 5.72 Å². The number of allylic oxidation sites excluding steroid dienone is 3. The van der Waals surface area contributed by atoms with Crippen LogP contribution in [-0.4, -0.2) is 104 Å². The number of rotatable bonds is 8. The third-order valence-corrected chi connectivity index (χ3v) is 12.9. The largest absolute Gasteiger partial charge is 0.495 e. The molecule has 13 nitrogen and oxygen atoms in total. The fourth-order valence-electron chi connectivity index (χ4n) is 7.19. The minimum absolute atomic E-state index is 0.0359. The lowest BCUT2D eigenvalue weighted by atomic mass is 9.67. The fraction of sp³-hybridized carbons (Fsp3) is 0.667. The van der Waals surface area contributed by atoms with Crippen molar-refractivity contribution in [1.29, 1.82) is 0 Å². The first kappa shape index (κ1) is 45.1. The summed E-state index contributed by atoms with van der Waals surface area (Å²) in [4.78, 5) is 57.2. The molecule has 0 saturated carbocycles.